The zero-order chi connectivity index (χ0) is 18.8. The minimum absolute atomic E-state index is 0.0665. The van der Waals surface area contributed by atoms with Gasteiger partial charge in [-0.2, -0.15) is 0 Å². The summed E-state index contributed by atoms with van der Waals surface area (Å²) in [7, 11) is 1.48. The summed E-state index contributed by atoms with van der Waals surface area (Å²) in [6.45, 7) is 3.56. The number of carbonyl (C=O) groups is 2. The van der Waals surface area contributed by atoms with Gasteiger partial charge in [0.15, 0.2) is 12.3 Å². The summed E-state index contributed by atoms with van der Waals surface area (Å²) in [5.41, 5.74) is 6.17. The molecule has 8 nitrogen and oxygen atoms in total. The summed E-state index contributed by atoms with van der Waals surface area (Å²) in [5.74, 6) is -0.164. The Morgan fingerprint density at radius 1 is 1.38 bits per heavy atom. The number of nitrogens with zero attached hydrogens (tertiary/aromatic N) is 3. The molecule has 1 aromatic carbocycles. The van der Waals surface area contributed by atoms with Gasteiger partial charge in [-0.3, -0.25) is 9.59 Å². The van der Waals surface area contributed by atoms with Gasteiger partial charge in [-0.25, -0.2) is 9.97 Å². The fourth-order valence-corrected chi connectivity index (χ4v) is 3.09. The van der Waals surface area contributed by atoms with E-state index in [2.05, 4.69) is 9.97 Å². The Bertz CT molecular complexity index is 965. The van der Waals surface area contributed by atoms with E-state index in [1.165, 1.54) is 18.2 Å². The van der Waals surface area contributed by atoms with Crippen LogP contribution in [-0.2, 0) is 11.4 Å². The summed E-state index contributed by atoms with van der Waals surface area (Å²) < 4.78 is 12.0. The van der Waals surface area contributed by atoms with E-state index in [0.717, 1.165) is 15.2 Å². The lowest BCUT2D eigenvalue weighted by molar-refractivity contribution is -0.121. The maximum atomic E-state index is 12.3. The minimum Gasteiger partial charge on any atom is -0.484 e. The van der Waals surface area contributed by atoms with Crippen molar-refractivity contribution in [2.45, 2.75) is 26.5 Å². The Morgan fingerprint density at radius 2 is 2.15 bits per heavy atom. The lowest BCUT2D eigenvalue weighted by Gasteiger charge is -2.20. The van der Waals surface area contributed by atoms with E-state index < -0.39 is 17.9 Å². The van der Waals surface area contributed by atoms with Crippen molar-refractivity contribution < 1.29 is 18.7 Å². The van der Waals surface area contributed by atoms with Crippen molar-refractivity contribution in [2.75, 3.05) is 7.05 Å². The number of aryl methyl sites for hydroxylation is 1. The second-order valence-electron chi connectivity index (χ2n) is 5.77. The molecule has 2 aromatic heterocycles. The van der Waals surface area contributed by atoms with Gasteiger partial charge in [0.2, 0.25) is 11.8 Å². The number of hydrogen-bond donors (Lipinski definition) is 1. The van der Waals surface area contributed by atoms with Gasteiger partial charge in [0.05, 0.1) is 15.2 Å². The molecule has 0 saturated carbocycles. The summed E-state index contributed by atoms with van der Waals surface area (Å²) in [5, 5.41) is 0.988. The highest BCUT2D eigenvalue weighted by Crippen LogP contribution is 2.26. The first-order chi connectivity index (χ1) is 12.3. The first-order valence-electron chi connectivity index (χ1n) is 7.86. The van der Waals surface area contributed by atoms with Gasteiger partial charge in [0, 0.05) is 13.1 Å². The minimum atomic E-state index is -0.743. The lowest BCUT2D eigenvalue weighted by atomic mass is 10.2. The molecule has 0 spiro atoms. The fraction of sp³-hybridized carbons (Fsp3) is 0.294. The van der Waals surface area contributed by atoms with Crippen LogP contribution in [0, 0.1) is 6.92 Å². The molecule has 0 radical (unpaired) electrons. The predicted molar refractivity (Wildman–Crippen MR) is 95.9 cm³/mol. The molecular formula is C17H18N4O4S. The highest BCUT2D eigenvalue weighted by Gasteiger charge is 2.24. The monoisotopic (exact) mass is 374 g/mol. The Labute approximate surface area is 153 Å². The average molecular weight is 374 g/mol. The smallest absolute Gasteiger partial charge is 0.276 e. The highest BCUT2D eigenvalue weighted by molar-refractivity contribution is 7.18. The number of benzene rings is 1. The largest absolute Gasteiger partial charge is 0.484 e. The Kier molecular flexibility index (Phi) is 4.90. The maximum absolute atomic E-state index is 12.3. The zero-order valence-corrected chi connectivity index (χ0v) is 15.4. The number of thiazole rings is 1. The third-order valence-electron chi connectivity index (χ3n) is 3.91. The molecule has 0 aliphatic carbocycles. The van der Waals surface area contributed by atoms with Crippen molar-refractivity contribution in [3.05, 3.63) is 41.1 Å². The number of hydrogen-bond acceptors (Lipinski definition) is 7. The summed E-state index contributed by atoms with van der Waals surface area (Å²) >= 11 is 1.62. The maximum Gasteiger partial charge on any atom is 0.276 e. The van der Waals surface area contributed by atoms with Gasteiger partial charge in [-0.15, -0.1) is 11.3 Å². The quantitative estimate of drug-likeness (QED) is 0.707. The standard InChI is InChI=1S/C17H18N4O4S/c1-9(16(18)22)21(3)17(23)13-7-25-15(20-13)8-24-11-4-5-14-12(6-11)19-10(2)26-14/h4-7,9H,8H2,1-3H3,(H2,18,22)/t9-/m0/s1. The second-order valence-corrected chi connectivity index (χ2v) is 7.01. The van der Waals surface area contributed by atoms with Crippen LogP contribution in [0.4, 0.5) is 0 Å². The molecule has 9 heteroatoms. The molecule has 26 heavy (non-hydrogen) atoms. The Morgan fingerprint density at radius 3 is 2.88 bits per heavy atom. The van der Waals surface area contributed by atoms with Crippen LogP contribution in [-0.4, -0.2) is 39.8 Å². The number of nitrogens with two attached hydrogens (primary N) is 1. The molecule has 2 N–H and O–H groups in total. The van der Waals surface area contributed by atoms with Crippen molar-refractivity contribution in [1.82, 2.24) is 14.9 Å². The van der Waals surface area contributed by atoms with Crippen LogP contribution in [0.5, 0.6) is 5.75 Å². The third-order valence-corrected chi connectivity index (χ3v) is 4.86. The topological polar surface area (TPSA) is 112 Å². The molecule has 0 bridgehead atoms. The van der Waals surface area contributed by atoms with Gasteiger partial charge < -0.3 is 19.8 Å². The predicted octanol–water partition coefficient (Wildman–Crippen LogP) is 2.12. The summed E-state index contributed by atoms with van der Waals surface area (Å²) in [4.78, 5) is 33.2. The van der Waals surface area contributed by atoms with Crippen LogP contribution in [0.2, 0.25) is 0 Å². The van der Waals surface area contributed by atoms with Crippen LogP contribution >= 0.6 is 11.3 Å². The van der Waals surface area contributed by atoms with Crippen LogP contribution in [0.1, 0.15) is 28.3 Å². The van der Waals surface area contributed by atoms with E-state index in [1.807, 2.05) is 25.1 Å². The molecule has 1 atom stereocenters. The van der Waals surface area contributed by atoms with Crippen LogP contribution in [0.25, 0.3) is 10.2 Å². The Hall–Kier alpha value is -2.94. The number of oxazole rings is 1. The van der Waals surface area contributed by atoms with Crippen molar-refractivity contribution in [3.63, 3.8) is 0 Å². The number of amides is 2. The van der Waals surface area contributed by atoms with Crippen molar-refractivity contribution in [3.8, 4) is 5.75 Å². The molecule has 0 saturated heterocycles. The van der Waals surface area contributed by atoms with Crippen molar-refractivity contribution in [1.29, 1.82) is 0 Å². The van der Waals surface area contributed by atoms with Crippen LogP contribution < -0.4 is 10.5 Å². The van der Waals surface area contributed by atoms with Gasteiger partial charge in [-0.1, -0.05) is 0 Å². The molecule has 0 aliphatic rings. The SMILES string of the molecule is Cc1nc2cc(OCc3nc(C(=O)N(C)[C@@H](C)C(N)=O)co3)ccc2s1. The fourth-order valence-electron chi connectivity index (χ4n) is 2.28. The lowest BCUT2D eigenvalue weighted by Crippen LogP contribution is -2.43. The molecule has 2 amide bonds. The third kappa shape index (κ3) is 3.67. The molecule has 0 aliphatic heterocycles. The van der Waals surface area contributed by atoms with Gasteiger partial charge in [-0.05, 0) is 26.0 Å². The Balaban J connectivity index is 1.66. The van der Waals surface area contributed by atoms with Crippen molar-refractivity contribution in [2.24, 2.45) is 5.73 Å². The summed E-state index contributed by atoms with van der Waals surface area (Å²) in [6, 6.07) is 4.89. The highest BCUT2D eigenvalue weighted by atomic mass is 32.1. The van der Waals surface area contributed by atoms with E-state index in [1.54, 1.807) is 18.3 Å². The normalized spacial score (nSPS) is 12.1. The molecule has 136 valence electrons. The van der Waals surface area contributed by atoms with E-state index in [4.69, 9.17) is 14.9 Å². The van der Waals surface area contributed by atoms with E-state index in [-0.39, 0.29) is 18.2 Å². The van der Waals surface area contributed by atoms with E-state index >= 15 is 0 Å². The van der Waals surface area contributed by atoms with Crippen molar-refractivity contribution >= 4 is 33.4 Å². The first-order valence-corrected chi connectivity index (χ1v) is 8.67. The molecule has 3 rings (SSSR count). The number of ether oxygens (including phenoxy) is 1. The zero-order valence-electron chi connectivity index (χ0n) is 14.6. The van der Waals surface area contributed by atoms with Gasteiger partial charge >= 0.3 is 0 Å². The van der Waals surface area contributed by atoms with Crippen LogP contribution in [0.15, 0.2) is 28.9 Å². The summed E-state index contributed by atoms with van der Waals surface area (Å²) in [6.07, 6.45) is 1.23. The average Bonchev–Trinajstić information content (AvgIpc) is 3.22. The van der Waals surface area contributed by atoms with E-state index in [0.29, 0.717) is 5.75 Å². The molecule has 3 aromatic rings. The number of primary amides is 1. The number of rotatable bonds is 6. The number of likely N-dealkylation sites (N-methyl/N-ethyl adjacent to an activating group) is 1. The first kappa shape index (κ1) is 17.9. The number of aromatic nitrogens is 2. The number of fused-ring (bicyclic) bond motifs is 1. The molecule has 2 heterocycles. The van der Waals surface area contributed by atoms with Crippen LogP contribution in [0.3, 0.4) is 0 Å². The molecular weight excluding hydrogens is 356 g/mol. The molecule has 0 unspecified atom stereocenters. The van der Waals surface area contributed by atoms with Gasteiger partial charge in [0.25, 0.3) is 5.91 Å². The van der Waals surface area contributed by atoms with Gasteiger partial charge in [0.1, 0.15) is 18.1 Å². The number of carbonyl (C=O) groups excluding carboxylic acids is 2. The second kappa shape index (κ2) is 7.12. The van der Waals surface area contributed by atoms with E-state index in [9.17, 15) is 9.59 Å². The molecule has 0 fully saturated rings.